The molecule has 1 rings (SSSR count). The predicted molar refractivity (Wildman–Crippen MR) is 46.7 cm³/mol. The number of hydrogen-bond donors (Lipinski definition) is 1. The van der Waals surface area contributed by atoms with Gasteiger partial charge in [-0.25, -0.2) is 0 Å². The number of carbonyl (C=O) groups excluding carboxylic acids is 1. The van der Waals surface area contributed by atoms with Gasteiger partial charge < -0.3 is 10.0 Å². The molecule has 12 heavy (non-hydrogen) atoms. The molecule has 0 aliphatic carbocycles. The van der Waals surface area contributed by atoms with Crippen LogP contribution in [-0.4, -0.2) is 35.1 Å². The average Bonchev–Trinajstić information content (AvgIpc) is 2.28. The molecule has 0 aromatic carbocycles. The fourth-order valence-corrected chi connectivity index (χ4v) is 1.56. The largest absolute Gasteiger partial charge is 0.384 e. The fourth-order valence-electron chi connectivity index (χ4n) is 1.56. The van der Waals surface area contributed by atoms with Crippen molar-refractivity contribution in [3.63, 3.8) is 0 Å². The second-order valence-corrected chi connectivity index (χ2v) is 4.35. The van der Waals surface area contributed by atoms with Crippen LogP contribution in [0, 0.1) is 5.41 Å². The van der Waals surface area contributed by atoms with Crippen molar-refractivity contribution in [2.24, 2.45) is 5.41 Å². The Bertz CT molecular complexity index is 187. The molecule has 1 fully saturated rings. The maximum absolute atomic E-state index is 11.3. The van der Waals surface area contributed by atoms with Crippen LogP contribution in [0.5, 0.6) is 0 Å². The van der Waals surface area contributed by atoms with E-state index in [4.69, 9.17) is 5.11 Å². The molecular formula is C9H17NO2. The van der Waals surface area contributed by atoms with E-state index in [9.17, 15) is 4.79 Å². The normalized spacial score (nSPS) is 24.2. The Kier molecular flexibility index (Phi) is 2.42. The zero-order valence-corrected chi connectivity index (χ0v) is 8.00. The molecule has 1 N–H and O–H groups in total. The Morgan fingerprint density at radius 2 is 2.17 bits per heavy atom. The fraction of sp³-hybridized carbons (Fsp3) is 0.889. The molecule has 0 saturated carbocycles. The maximum atomic E-state index is 11.3. The zero-order chi connectivity index (χ0) is 9.35. The Morgan fingerprint density at radius 3 is 2.50 bits per heavy atom. The molecule has 1 saturated heterocycles. The summed E-state index contributed by atoms with van der Waals surface area (Å²) in [7, 11) is 0. The summed E-state index contributed by atoms with van der Waals surface area (Å²) in [5, 5.41) is 9.06. The number of likely N-dealkylation sites (tertiary alicyclic amines) is 1. The Labute approximate surface area is 73.4 Å². The van der Waals surface area contributed by atoms with Gasteiger partial charge in [-0.15, -0.1) is 0 Å². The van der Waals surface area contributed by atoms with E-state index in [0.29, 0.717) is 0 Å². The first-order chi connectivity index (χ1) is 5.42. The molecule has 70 valence electrons. The summed E-state index contributed by atoms with van der Waals surface area (Å²) in [6, 6.07) is 0. The van der Waals surface area contributed by atoms with Crippen molar-refractivity contribution in [3.05, 3.63) is 0 Å². The quantitative estimate of drug-likeness (QED) is 0.628. The molecule has 1 unspecified atom stereocenters. The third-order valence-corrected chi connectivity index (χ3v) is 2.35. The van der Waals surface area contributed by atoms with Gasteiger partial charge in [-0.1, -0.05) is 13.8 Å². The second-order valence-electron chi connectivity index (χ2n) is 4.35. The van der Waals surface area contributed by atoms with Gasteiger partial charge in [0.2, 0.25) is 0 Å². The molecule has 0 aromatic heterocycles. The number of amides is 1. The average molecular weight is 171 g/mol. The highest BCUT2D eigenvalue weighted by atomic mass is 16.3. The van der Waals surface area contributed by atoms with E-state index in [1.54, 1.807) is 4.90 Å². The third kappa shape index (κ3) is 1.97. The zero-order valence-electron chi connectivity index (χ0n) is 8.00. The molecule has 1 amide bonds. The summed E-state index contributed by atoms with van der Waals surface area (Å²) in [5.74, 6) is -0.138. The van der Waals surface area contributed by atoms with Gasteiger partial charge in [0.25, 0.3) is 5.91 Å². The van der Waals surface area contributed by atoms with Crippen LogP contribution in [0.3, 0.4) is 0 Å². The number of aliphatic hydroxyl groups is 1. The Balaban J connectivity index is 2.53. The topological polar surface area (TPSA) is 40.5 Å². The highest BCUT2D eigenvalue weighted by molar-refractivity contribution is 5.80. The Hall–Kier alpha value is -0.570. The van der Waals surface area contributed by atoms with Gasteiger partial charge in [-0.05, 0) is 18.8 Å². The minimum atomic E-state index is -0.848. The molecule has 0 spiro atoms. The van der Waals surface area contributed by atoms with Gasteiger partial charge in [-0.2, -0.15) is 0 Å². The van der Waals surface area contributed by atoms with Gasteiger partial charge >= 0.3 is 0 Å². The van der Waals surface area contributed by atoms with E-state index >= 15 is 0 Å². The highest BCUT2D eigenvalue weighted by Gasteiger charge is 2.33. The second kappa shape index (κ2) is 3.05. The standard InChI is InChI=1S/C9H17NO2/c1-7(11)8(12)10-5-4-9(2,3)6-10/h7,11H,4-6H2,1-3H3. The monoisotopic (exact) mass is 171 g/mol. The molecule has 0 radical (unpaired) electrons. The number of nitrogens with zero attached hydrogens (tertiary/aromatic N) is 1. The van der Waals surface area contributed by atoms with Crippen molar-refractivity contribution in [2.75, 3.05) is 13.1 Å². The van der Waals surface area contributed by atoms with Crippen LogP contribution in [0.1, 0.15) is 27.2 Å². The van der Waals surface area contributed by atoms with E-state index in [1.165, 1.54) is 6.92 Å². The lowest BCUT2D eigenvalue weighted by Crippen LogP contribution is -2.36. The molecule has 1 atom stereocenters. The molecule has 3 nitrogen and oxygen atoms in total. The summed E-state index contributed by atoms with van der Waals surface area (Å²) in [4.78, 5) is 13.0. The SMILES string of the molecule is CC(O)C(=O)N1CCC(C)(C)C1. The van der Waals surface area contributed by atoms with Gasteiger partial charge in [-0.3, -0.25) is 4.79 Å². The van der Waals surface area contributed by atoms with E-state index in [0.717, 1.165) is 19.5 Å². The summed E-state index contributed by atoms with van der Waals surface area (Å²) in [6.45, 7) is 7.37. The van der Waals surface area contributed by atoms with Crippen LogP contribution in [-0.2, 0) is 4.79 Å². The van der Waals surface area contributed by atoms with Crippen LogP contribution in [0.2, 0.25) is 0 Å². The Morgan fingerprint density at radius 1 is 1.58 bits per heavy atom. The van der Waals surface area contributed by atoms with E-state index < -0.39 is 6.10 Å². The van der Waals surface area contributed by atoms with Gasteiger partial charge in [0, 0.05) is 13.1 Å². The van der Waals surface area contributed by atoms with Crippen molar-refractivity contribution in [1.82, 2.24) is 4.90 Å². The number of aliphatic hydroxyl groups excluding tert-OH is 1. The number of hydrogen-bond acceptors (Lipinski definition) is 2. The predicted octanol–water partition coefficient (Wildman–Crippen LogP) is 0.626. The highest BCUT2D eigenvalue weighted by Crippen LogP contribution is 2.28. The molecule has 1 aliphatic rings. The van der Waals surface area contributed by atoms with Crippen molar-refractivity contribution in [3.8, 4) is 0 Å². The molecule has 1 heterocycles. The van der Waals surface area contributed by atoms with Gasteiger partial charge in [0.15, 0.2) is 0 Å². The van der Waals surface area contributed by atoms with Crippen molar-refractivity contribution in [1.29, 1.82) is 0 Å². The maximum Gasteiger partial charge on any atom is 0.251 e. The van der Waals surface area contributed by atoms with Crippen LogP contribution in [0.15, 0.2) is 0 Å². The molecule has 0 aromatic rings. The lowest BCUT2D eigenvalue weighted by molar-refractivity contribution is -0.138. The number of rotatable bonds is 1. The minimum absolute atomic E-state index is 0.138. The van der Waals surface area contributed by atoms with Crippen molar-refractivity contribution < 1.29 is 9.90 Å². The van der Waals surface area contributed by atoms with Crippen molar-refractivity contribution >= 4 is 5.91 Å². The summed E-state index contributed by atoms with van der Waals surface area (Å²) >= 11 is 0. The summed E-state index contributed by atoms with van der Waals surface area (Å²) in [5.41, 5.74) is 0.227. The minimum Gasteiger partial charge on any atom is -0.384 e. The number of carbonyl (C=O) groups is 1. The van der Waals surface area contributed by atoms with E-state index in [1.807, 2.05) is 0 Å². The smallest absolute Gasteiger partial charge is 0.251 e. The first-order valence-corrected chi connectivity index (χ1v) is 4.39. The molecule has 0 bridgehead atoms. The van der Waals surface area contributed by atoms with E-state index in [2.05, 4.69) is 13.8 Å². The van der Waals surface area contributed by atoms with Crippen LogP contribution < -0.4 is 0 Å². The van der Waals surface area contributed by atoms with Gasteiger partial charge in [0.1, 0.15) is 6.10 Å². The van der Waals surface area contributed by atoms with Crippen molar-refractivity contribution in [2.45, 2.75) is 33.3 Å². The van der Waals surface area contributed by atoms with Gasteiger partial charge in [0.05, 0.1) is 0 Å². The summed E-state index contributed by atoms with van der Waals surface area (Å²) < 4.78 is 0. The van der Waals surface area contributed by atoms with Crippen LogP contribution >= 0.6 is 0 Å². The molecule has 1 aliphatic heterocycles. The summed E-state index contributed by atoms with van der Waals surface area (Å²) in [6.07, 6.45) is 0.185. The first-order valence-electron chi connectivity index (χ1n) is 4.39. The lowest BCUT2D eigenvalue weighted by atomic mass is 9.93. The third-order valence-electron chi connectivity index (χ3n) is 2.35. The lowest BCUT2D eigenvalue weighted by Gasteiger charge is -2.20. The first kappa shape index (κ1) is 9.52. The van der Waals surface area contributed by atoms with Crippen LogP contribution in [0.25, 0.3) is 0 Å². The van der Waals surface area contributed by atoms with E-state index in [-0.39, 0.29) is 11.3 Å². The van der Waals surface area contributed by atoms with Crippen LogP contribution in [0.4, 0.5) is 0 Å². The molecule has 3 heteroatoms. The molecular weight excluding hydrogens is 154 g/mol.